The molecule has 0 atom stereocenters. The molecule has 42 heavy (non-hydrogen) atoms. The van der Waals surface area contributed by atoms with E-state index in [-0.39, 0.29) is 0 Å². The van der Waals surface area contributed by atoms with Gasteiger partial charge in [-0.3, -0.25) is 0 Å². The van der Waals surface area contributed by atoms with Crippen LogP contribution in [0.15, 0.2) is 121 Å². The number of thiophene rings is 2. The van der Waals surface area contributed by atoms with Gasteiger partial charge >= 0.3 is 0 Å². The second-order valence-corrected chi connectivity index (χ2v) is 12.6. The Bertz CT molecular complexity index is 2310. The summed E-state index contributed by atoms with van der Waals surface area (Å²) in [5.41, 5.74) is 7.23. The van der Waals surface area contributed by atoms with Gasteiger partial charge in [-0.15, -0.1) is 22.7 Å². The van der Waals surface area contributed by atoms with Gasteiger partial charge in [0.25, 0.3) is 0 Å². The highest BCUT2D eigenvalue weighted by molar-refractivity contribution is 7.26. The van der Waals surface area contributed by atoms with Crippen molar-refractivity contribution in [1.29, 1.82) is 10.5 Å². The number of nitrogens with zero attached hydrogens (tertiary/aromatic N) is 2. The molecule has 2 nitrogen and oxygen atoms in total. The van der Waals surface area contributed by atoms with Crippen LogP contribution in [0.4, 0.5) is 0 Å². The predicted molar refractivity (Wildman–Crippen MR) is 178 cm³/mol. The number of hydrogen-bond acceptors (Lipinski definition) is 4. The van der Waals surface area contributed by atoms with Gasteiger partial charge in [0, 0.05) is 40.3 Å². The Balaban J connectivity index is 1.34. The van der Waals surface area contributed by atoms with Crippen LogP contribution in [0.2, 0.25) is 0 Å². The van der Waals surface area contributed by atoms with Gasteiger partial charge in [0.15, 0.2) is 0 Å². The Hall–Kier alpha value is -5.26. The molecule has 0 aliphatic carbocycles. The molecule has 0 N–H and O–H groups in total. The fraction of sp³-hybridized carbons (Fsp3) is 0. The van der Waals surface area contributed by atoms with Gasteiger partial charge in [-0.1, -0.05) is 66.7 Å². The molecule has 8 rings (SSSR count). The van der Waals surface area contributed by atoms with Crippen molar-refractivity contribution in [3.05, 3.63) is 132 Å². The van der Waals surface area contributed by atoms with Crippen molar-refractivity contribution in [3.8, 4) is 45.5 Å². The van der Waals surface area contributed by atoms with Crippen molar-refractivity contribution >= 4 is 63.0 Å². The standard InChI is InChI=1S/C38H20N2S2/c39-21-26-10-9-23(15-30(26)22-40)27-16-28(24-11-13-33-31-5-1-3-7-35(31)41-37(33)19-24)18-29(17-27)25-12-14-34-32-6-2-4-8-36(32)42-38(34)20-25/h1-20H. The van der Waals surface area contributed by atoms with E-state index in [0.29, 0.717) is 11.1 Å². The lowest BCUT2D eigenvalue weighted by Gasteiger charge is -2.12. The van der Waals surface area contributed by atoms with Crippen LogP contribution in [-0.2, 0) is 0 Å². The molecular weight excluding hydrogens is 549 g/mol. The highest BCUT2D eigenvalue weighted by Gasteiger charge is 2.13. The van der Waals surface area contributed by atoms with Gasteiger partial charge in [-0.2, -0.15) is 10.5 Å². The second-order valence-electron chi connectivity index (χ2n) is 10.4. The number of fused-ring (bicyclic) bond motifs is 6. The van der Waals surface area contributed by atoms with E-state index in [4.69, 9.17) is 0 Å². The first-order valence-electron chi connectivity index (χ1n) is 13.6. The minimum atomic E-state index is 0.389. The molecule has 0 aliphatic heterocycles. The van der Waals surface area contributed by atoms with E-state index in [1.165, 1.54) is 40.3 Å². The summed E-state index contributed by atoms with van der Waals surface area (Å²) < 4.78 is 5.10. The second kappa shape index (κ2) is 9.68. The van der Waals surface area contributed by atoms with E-state index < -0.39 is 0 Å². The first-order chi connectivity index (χ1) is 20.7. The van der Waals surface area contributed by atoms with Crippen LogP contribution in [0, 0.1) is 22.7 Å². The molecule has 6 aromatic carbocycles. The summed E-state index contributed by atoms with van der Waals surface area (Å²) in [5, 5.41) is 24.3. The molecule has 0 unspecified atom stereocenters. The molecule has 0 spiro atoms. The molecule has 194 valence electrons. The molecule has 0 saturated carbocycles. The Morgan fingerprint density at radius 1 is 0.357 bits per heavy atom. The van der Waals surface area contributed by atoms with E-state index in [1.807, 2.05) is 34.8 Å². The Labute approximate surface area is 250 Å². The van der Waals surface area contributed by atoms with E-state index in [1.54, 1.807) is 6.07 Å². The molecule has 0 aliphatic rings. The van der Waals surface area contributed by atoms with Gasteiger partial charge < -0.3 is 0 Å². The zero-order chi connectivity index (χ0) is 28.2. The summed E-state index contributed by atoms with van der Waals surface area (Å²) in [6.45, 7) is 0. The molecule has 0 fully saturated rings. The average Bonchev–Trinajstić information content (AvgIpc) is 3.61. The van der Waals surface area contributed by atoms with Crippen LogP contribution >= 0.6 is 22.7 Å². The summed E-state index contributed by atoms with van der Waals surface area (Å²) in [6.07, 6.45) is 0. The third-order valence-corrected chi connectivity index (χ3v) is 10.2. The fourth-order valence-corrected chi connectivity index (χ4v) is 8.14. The minimum Gasteiger partial charge on any atom is -0.192 e. The summed E-state index contributed by atoms with van der Waals surface area (Å²) >= 11 is 3.64. The van der Waals surface area contributed by atoms with Crippen molar-refractivity contribution in [1.82, 2.24) is 0 Å². The highest BCUT2D eigenvalue weighted by atomic mass is 32.1. The lowest BCUT2D eigenvalue weighted by molar-refractivity contribution is 1.43. The molecule has 2 aromatic heterocycles. The van der Waals surface area contributed by atoms with Crippen LogP contribution < -0.4 is 0 Å². The van der Waals surface area contributed by atoms with Crippen LogP contribution in [0.5, 0.6) is 0 Å². The van der Waals surface area contributed by atoms with E-state index in [9.17, 15) is 10.5 Å². The first kappa shape index (κ1) is 24.5. The zero-order valence-electron chi connectivity index (χ0n) is 22.3. The van der Waals surface area contributed by atoms with Crippen molar-refractivity contribution in [3.63, 3.8) is 0 Å². The molecular formula is C38H20N2S2. The van der Waals surface area contributed by atoms with E-state index in [0.717, 1.165) is 33.4 Å². The Morgan fingerprint density at radius 3 is 1.29 bits per heavy atom. The molecule has 4 heteroatoms. The normalized spacial score (nSPS) is 11.3. The van der Waals surface area contributed by atoms with Gasteiger partial charge in [-0.25, -0.2) is 0 Å². The number of rotatable bonds is 3. The lowest BCUT2D eigenvalue weighted by atomic mass is 9.92. The molecule has 0 amide bonds. The van der Waals surface area contributed by atoms with Crippen molar-refractivity contribution < 1.29 is 0 Å². The smallest absolute Gasteiger partial charge is 0.101 e. The van der Waals surface area contributed by atoms with E-state index in [2.05, 4.69) is 115 Å². The van der Waals surface area contributed by atoms with Crippen molar-refractivity contribution in [2.45, 2.75) is 0 Å². The molecule has 2 heterocycles. The van der Waals surface area contributed by atoms with Crippen LogP contribution in [0.3, 0.4) is 0 Å². The fourth-order valence-electron chi connectivity index (χ4n) is 5.85. The van der Waals surface area contributed by atoms with E-state index >= 15 is 0 Å². The topological polar surface area (TPSA) is 47.6 Å². The number of hydrogen-bond donors (Lipinski definition) is 0. The maximum atomic E-state index is 9.71. The maximum absolute atomic E-state index is 9.71. The first-order valence-corrected chi connectivity index (χ1v) is 15.2. The summed E-state index contributed by atoms with van der Waals surface area (Å²) in [5.74, 6) is 0. The van der Waals surface area contributed by atoms with Crippen LogP contribution in [-0.4, -0.2) is 0 Å². The van der Waals surface area contributed by atoms with Crippen LogP contribution in [0.1, 0.15) is 11.1 Å². The number of benzene rings is 6. The maximum Gasteiger partial charge on any atom is 0.101 e. The quantitative estimate of drug-likeness (QED) is 0.213. The van der Waals surface area contributed by atoms with Gasteiger partial charge in [0.1, 0.15) is 12.1 Å². The third kappa shape index (κ3) is 3.98. The van der Waals surface area contributed by atoms with Crippen molar-refractivity contribution in [2.75, 3.05) is 0 Å². The summed E-state index contributed by atoms with van der Waals surface area (Å²) in [4.78, 5) is 0. The summed E-state index contributed by atoms with van der Waals surface area (Å²) in [6, 6.07) is 47.1. The van der Waals surface area contributed by atoms with Gasteiger partial charge in [0.05, 0.1) is 11.1 Å². The van der Waals surface area contributed by atoms with Gasteiger partial charge in [0.2, 0.25) is 0 Å². The molecule has 8 aromatic rings. The Morgan fingerprint density at radius 2 is 0.786 bits per heavy atom. The zero-order valence-corrected chi connectivity index (χ0v) is 23.9. The predicted octanol–water partition coefficient (Wildman–Crippen LogP) is 11.2. The third-order valence-electron chi connectivity index (χ3n) is 7.95. The average molecular weight is 569 g/mol. The highest BCUT2D eigenvalue weighted by Crippen LogP contribution is 2.40. The van der Waals surface area contributed by atoms with Gasteiger partial charge in [-0.05, 0) is 88.0 Å². The van der Waals surface area contributed by atoms with Crippen LogP contribution in [0.25, 0.3) is 73.7 Å². The van der Waals surface area contributed by atoms with Crippen molar-refractivity contribution in [2.24, 2.45) is 0 Å². The SMILES string of the molecule is N#Cc1ccc(-c2cc(-c3ccc4c(c3)sc3ccccc34)cc(-c3ccc4c(c3)sc3ccccc34)c2)cc1C#N. The Kier molecular flexibility index (Phi) is 5.66. The molecule has 0 radical (unpaired) electrons. The number of nitriles is 2. The molecule has 0 bridgehead atoms. The lowest BCUT2D eigenvalue weighted by Crippen LogP contribution is -1.89. The minimum absolute atomic E-state index is 0.389. The monoisotopic (exact) mass is 568 g/mol. The molecule has 0 saturated heterocycles. The largest absolute Gasteiger partial charge is 0.192 e. The summed E-state index contributed by atoms with van der Waals surface area (Å²) in [7, 11) is 0.